The number of amides is 2. The maximum absolute atomic E-state index is 13.4. The minimum absolute atomic E-state index is 0.0270. The van der Waals surface area contributed by atoms with Crippen LogP contribution < -0.4 is 0 Å². The van der Waals surface area contributed by atoms with Crippen LogP contribution in [0.1, 0.15) is 75.6 Å². The van der Waals surface area contributed by atoms with E-state index in [1.165, 1.54) is 36.7 Å². The molecule has 2 aliphatic carbocycles. The number of hydrogen-bond donors (Lipinski definition) is 0. The minimum Gasteiger partial charge on any atom is -0.449 e. The zero-order chi connectivity index (χ0) is 42.2. The van der Waals surface area contributed by atoms with Gasteiger partial charge in [-0.1, -0.05) is 12.1 Å². The van der Waals surface area contributed by atoms with Crippen LogP contribution in [-0.2, 0) is 31.9 Å². The van der Waals surface area contributed by atoms with Gasteiger partial charge in [0, 0.05) is 96.9 Å². The molecule has 2 aromatic heterocycles. The summed E-state index contributed by atoms with van der Waals surface area (Å²) in [4.78, 5) is 61.5. The topological polar surface area (TPSA) is 119 Å². The molecule has 2 saturated heterocycles. The third-order valence-corrected chi connectivity index (χ3v) is 11.9. The van der Waals surface area contributed by atoms with Crippen LogP contribution in [0.25, 0.3) is 22.3 Å². The lowest BCUT2D eigenvalue weighted by molar-refractivity contribution is -0.124. The summed E-state index contributed by atoms with van der Waals surface area (Å²) in [6.07, 6.45) is 11.0. The minimum atomic E-state index is -0.641. The van der Waals surface area contributed by atoms with Gasteiger partial charge in [-0.05, 0) is 112 Å². The molecule has 14 heteroatoms. The number of nitrogens with zero attached hydrogens (tertiary/aromatic N) is 4. The lowest BCUT2D eigenvalue weighted by Gasteiger charge is -2.37. The Morgan fingerprint density at radius 1 is 0.533 bits per heavy atom. The largest absolute Gasteiger partial charge is 0.449 e. The number of Topliss-reactive ketones (excluding diaryl/α,β-unsaturated/α-hetero) is 2. The van der Waals surface area contributed by atoms with Crippen molar-refractivity contribution in [2.45, 2.75) is 89.1 Å². The van der Waals surface area contributed by atoms with Gasteiger partial charge in [0.25, 0.3) is 0 Å². The molecule has 4 aromatic rings. The van der Waals surface area contributed by atoms with Crippen LogP contribution in [-0.4, -0.2) is 81.9 Å². The molecular weight excluding hydrogens is 781 g/mol. The average molecular weight is 829 g/mol. The van der Waals surface area contributed by atoms with Crippen molar-refractivity contribution >= 4 is 23.8 Å². The molecule has 316 valence electrons. The summed E-state index contributed by atoms with van der Waals surface area (Å²) in [6, 6.07) is 13.9. The highest BCUT2D eigenvalue weighted by molar-refractivity contribution is 5.84. The molecule has 4 aliphatic rings. The lowest BCUT2D eigenvalue weighted by Crippen LogP contribution is -2.46. The van der Waals surface area contributed by atoms with E-state index in [2.05, 4.69) is 9.97 Å². The Bertz CT molecular complexity index is 1960. The first kappa shape index (κ1) is 42.5. The number of aromatic nitrogens is 2. The van der Waals surface area contributed by atoms with Gasteiger partial charge in [0.15, 0.2) is 0 Å². The Morgan fingerprint density at radius 3 is 1.22 bits per heavy atom. The molecule has 10 nitrogen and oxygen atoms in total. The highest BCUT2D eigenvalue weighted by Gasteiger charge is 2.35. The third-order valence-electron chi connectivity index (χ3n) is 11.9. The summed E-state index contributed by atoms with van der Waals surface area (Å²) in [5.41, 5.74) is 3.29. The number of halogens is 4. The number of pyridine rings is 2. The number of cyclic esters (lactones) is 2. The van der Waals surface area contributed by atoms with Crippen molar-refractivity contribution in [2.75, 3.05) is 26.3 Å². The molecule has 2 saturated carbocycles. The number of ketones is 2. The normalized spacial score (nSPS) is 21.9. The zero-order valence-corrected chi connectivity index (χ0v) is 33.3. The Kier molecular flexibility index (Phi) is 13.9. The molecule has 4 fully saturated rings. The number of hydrogen-bond acceptors (Lipinski definition) is 8. The SMILES string of the molecule is O=C(Cc1ccc(-c2cc(F)cc(F)c2)cn1)C1CCC(N2CCCOC2=O)CC1.O=C(Cc1ccc(-c2cc(F)cc(F)c2)cn1)C1CCC(N2CCCOC2=O)CC1. The average Bonchev–Trinajstić information content (AvgIpc) is 3.24. The van der Waals surface area contributed by atoms with Gasteiger partial charge in [-0.15, -0.1) is 0 Å². The summed E-state index contributed by atoms with van der Waals surface area (Å²) in [6.45, 7) is 2.44. The second kappa shape index (κ2) is 19.6. The van der Waals surface area contributed by atoms with Crippen LogP contribution in [0.3, 0.4) is 0 Å². The molecule has 2 aromatic carbocycles. The van der Waals surface area contributed by atoms with Crippen molar-refractivity contribution in [3.8, 4) is 22.3 Å². The molecular formula is C46H48F4N4O6. The molecule has 0 bridgehead atoms. The van der Waals surface area contributed by atoms with Gasteiger partial charge in [0.2, 0.25) is 0 Å². The summed E-state index contributed by atoms with van der Waals surface area (Å²) in [7, 11) is 0. The summed E-state index contributed by atoms with van der Waals surface area (Å²) in [5, 5.41) is 0. The fraction of sp³-hybridized carbons (Fsp3) is 0.435. The fourth-order valence-electron chi connectivity index (χ4n) is 8.71. The first-order chi connectivity index (χ1) is 29.0. The fourth-order valence-corrected chi connectivity index (χ4v) is 8.71. The zero-order valence-electron chi connectivity index (χ0n) is 33.3. The molecule has 0 atom stereocenters. The van der Waals surface area contributed by atoms with E-state index >= 15 is 0 Å². The van der Waals surface area contributed by atoms with Crippen molar-refractivity contribution < 1.29 is 46.2 Å². The molecule has 2 amide bonds. The maximum atomic E-state index is 13.4. The van der Waals surface area contributed by atoms with E-state index in [9.17, 15) is 36.7 Å². The molecule has 60 heavy (non-hydrogen) atoms. The van der Waals surface area contributed by atoms with E-state index in [4.69, 9.17) is 9.47 Å². The standard InChI is InChI=1S/2C23H24F2N2O3/c2*24-18-10-17(11-19(25)12-18)16-2-5-20(26-14-16)13-22(28)15-3-6-21(7-4-15)27-8-1-9-30-23(27)29/h2*2,5,10-12,14-15,21H,1,3-4,6-9,13H2. The molecule has 0 spiro atoms. The smallest absolute Gasteiger partial charge is 0.410 e. The van der Waals surface area contributed by atoms with Gasteiger partial charge in [0.05, 0.1) is 13.2 Å². The highest BCUT2D eigenvalue weighted by atomic mass is 19.1. The first-order valence-electron chi connectivity index (χ1n) is 20.7. The number of rotatable bonds is 10. The molecule has 0 radical (unpaired) electrons. The third kappa shape index (κ3) is 10.9. The molecule has 4 heterocycles. The van der Waals surface area contributed by atoms with Crippen molar-refractivity contribution in [3.05, 3.63) is 108 Å². The maximum Gasteiger partial charge on any atom is 0.410 e. The number of carbonyl (C=O) groups is 4. The van der Waals surface area contributed by atoms with Crippen molar-refractivity contribution in [2.24, 2.45) is 11.8 Å². The van der Waals surface area contributed by atoms with Crippen LogP contribution >= 0.6 is 0 Å². The lowest BCUT2D eigenvalue weighted by atomic mass is 9.81. The monoisotopic (exact) mass is 828 g/mol. The summed E-state index contributed by atoms with van der Waals surface area (Å²) < 4.78 is 63.9. The van der Waals surface area contributed by atoms with E-state index in [1.54, 1.807) is 34.1 Å². The molecule has 8 rings (SSSR count). The second-order valence-corrected chi connectivity index (χ2v) is 16.0. The van der Waals surface area contributed by atoms with Gasteiger partial charge < -0.3 is 19.3 Å². The van der Waals surface area contributed by atoms with Gasteiger partial charge in [-0.25, -0.2) is 27.2 Å². The molecule has 2 aliphatic heterocycles. The molecule has 0 unspecified atom stereocenters. The Hall–Kier alpha value is -5.66. The Morgan fingerprint density at radius 2 is 0.900 bits per heavy atom. The quantitative estimate of drug-likeness (QED) is 0.145. The van der Waals surface area contributed by atoms with Crippen LogP contribution in [0.4, 0.5) is 27.2 Å². The van der Waals surface area contributed by atoms with Gasteiger partial charge in [-0.3, -0.25) is 19.6 Å². The van der Waals surface area contributed by atoms with Crippen LogP contribution in [0.2, 0.25) is 0 Å². The predicted molar refractivity (Wildman–Crippen MR) is 213 cm³/mol. The van der Waals surface area contributed by atoms with E-state index in [-0.39, 0.29) is 60.5 Å². The Balaban J connectivity index is 0.000000181. The van der Waals surface area contributed by atoms with E-state index in [1.807, 2.05) is 0 Å². The first-order valence-corrected chi connectivity index (χ1v) is 20.7. The number of carbonyl (C=O) groups excluding carboxylic acids is 4. The summed E-state index contributed by atoms with van der Waals surface area (Å²) in [5.74, 6) is -2.33. The predicted octanol–water partition coefficient (Wildman–Crippen LogP) is 9.08. The van der Waals surface area contributed by atoms with E-state index in [0.29, 0.717) is 46.9 Å². The van der Waals surface area contributed by atoms with Crippen molar-refractivity contribution in [1.82, 2.24) is 19.8 Å². The Labute approximate surface area is 346 Å². The van der Waals surface area contributed by atoms with Gasteiger partial charge >= 0.3 is 12.2 Å². The number of benzene rings is 2. The van der Waals surface area contributed by atoms with Crippen LogP contribution in [0.5, 0.6) is 0 Å². The van der Waals surface area contributed by atoms with Crippen molar-refractivity contribution in [3.63, 3.8) is 0 Å². The van der Waals surface area contributed by atoms with Crippen LogP contribution in [0.15, 0.2) is 73.1 Å². The van der Waals surface area contributed by atoms with E-state index in [0.717, 1.165) is 89.4 Å². The van der Waals surface area contributed by atoms with Crippen molar-refractivity contribution in [1.29, 1.82) is 0 Å². The highest BCUT2D eigenvalue weighted by Crippen LogP contribution is 2.32. The van der Waals surface area contributed by atoms with Gasteiger partial charge in [-0.2, -0.15) is 0 Å². The second-order valence-electron chi connectivity index (χ2n) is 16.0. The molecule has 0 N–H and O–H groups in total. The summed E-state index contributed by atoms with van der Waals surface area (Å²) >= 11 is 0. The van der Waals surface area contributed by atoms with Crippen LogP contribution in [0, 0.1) is 35.1 Å². The number of ether oxygens (including phenoxy) is 2. The van der Waals surface area contributed by atoms with Gasteiger partial charge in [0.1, 0.15) is 34.8 Å². The van der Waals surface area contributed by atoms with E-state index < -0.39 is 23.3 Å².